The first-order chi connectivity index (χ1) is 11.9. The highest BCUT2D eigenvalue weighted by molar-refractivity contribution is 7.13. The smallest absolute Gasteiger partial charge is 0.354 e. The molecular formula is C17H18F3N3OS. The van der Waals surface area contributed by atoms with Crippen LogP contribution in [0.2, 0.25) is 0 Å². The number of halogens is 3. The molecule has 0 radical (unpaired) electrons. The zero-order valence-corrected chi connectivity index (χ0v) is 14.2. The van der Waals surface area contributed by atoms with Gasteiger partial charge in [-0.25, -0.2) is 4.98 Å². The average Bonchev–Trinajstić information content (AvgIpc) is 3.23. The quantitative estimate of drug-likeness (QED) is 0.878. The first kappa shape index (κ1) is 17.7. The molecule has 2 heterocycles. The van der Waals surface area contributed by atoms with Crippen molar-refractivity contribution in [1.29, 1.82) is 0 Å². The molecule has 1 aromatic heterocycles. The molecular weight excluding hydrogens is 351 g/mol. The van der Waals surface area contributed by atoms with Gasteiger partial charge in [-0.1, -0.05) is 12.1 Å². The van der Waals surface area contributed by atoms with E-state index >= 15 is 0 Å². The summed E-state index contributed by atoms with van der Waals surface area (Å²) in [5.41, 5.74) is -0.143. The Bertz CT molecular complexity index is 701. The van der Waals surface area contributed by atoms with Gasteiger partial charge in [-0.3, -0.25) is 4.79 Å². The van der Waals surface area contributed by atoms with Gasteiger partial charge in [0.25, 0.3) is 0 Å². The lowest BCUT2D eigenvalue weighted by Gasteiger charge is -2.24. The van der Waals surface area contributed by atoms with Crippen LogP contribution in [0.3, 0.4) is 0 Å². The van der Waals surface area contributed by atoms with Crippen molar-refractivity contribution in [1.82, 2.24) is 10.3 Å². The maximum atomic E-state index is 12.5. The fourth-order valence-corrected chi connectivity index (χ4v) is 3.69. The Hall–Kier alpha value is -2.09. The van der Waals surface area contributed by atoms with Crippen LogP contribution >= 0.6 is 11.3 Å². The molecule has 1 fully saturated rings. The Balaban J connectivity index is 1.51. The molecule has 134 valence electrons. The lowest BCUT2D eigenvalue weighted by atomic mass is 10.1. The largest absolute Gasteiger partial charge is 0.416 e. The summed E-state index contributed by atoms with van der Waals surface area (Å²) in [6.07, 6.45) is -0.484. The van der Waals surface area contributed by atoms with E-state index in [4.69, 9.17) is 0 Å². The minimum Gasteiger partial charge on any atom is -0.354 e. The van der Waals surface area contributed by atoms with Crippen LogP contribution in [0.4, 0.5) is 18.3 Å². The molecule has 1 amide bonds. The summed E-state index contributed by atoms with van der Waals surface area (Å²) >= 11 is 1.57. The molecule has 1 saturated heterocycles. The van der Waals surface area contributed by atoms with Crippen molar-refractivity contribution in [2.45, 2.75) is 31.5 Å². The van der Waals surface area contributed by atoms with Gasteiger partial charge in [-0.2, -0.15) is 13.2 Å². The summed E-state index contributed by atoms with van der Waals surface area (Å²) in [6.45, 7) is 1.44. The molecule has 8 heteroatoms. The molecule has 4 nitrogen and oxygen atoms in total. The molecule has 25 heavy (non-hydrogen) atoms. The zero-order valence-electron chi connectivity index (χ0n) is 13.4. The first-order valence-electron chi connectivity index (χ1n) is 8.02. The summed E-state index contributed by atoms with van der Waals surface area (Å²) in [4.78, 5) is 18.6. The van der Waals surface area contributed by atoms with E-state index in [-0.39, 0.29) is 18.4 Å². The number of carbonyl (C=O) groups excluding carboxylic acids is 1. The number of rotatable bonds is 5. The van der Waals surface area contributed by atoms with E-state index in [1.54, 1.807) is 17.5 Å². The zero-order chi connectivity index (χ0) is 17.9. The van der Waals surface area contributed by atoms with E-state index < -0.39 is 11.7 Å². The van der Waals surface area contributed by atoms with E-state index in [9.17, 15) is 18.0 Å². The molecule has 0 aliphatic carbocycles. The molecule has 1 aromatic carbocycles. The van der Waals surface area contributed by atoms with E-state index in [0.717, 1.165) is 36.7 Å². The lowest BCUT2D eigenvalue weighted by molar-refractivity contribution is -0.137. The van der Waals surface area contributed by atoms with Crippen molar-refractivity contribution in [3.8, 4) is 0 Å². The van der Waals surface area contributed by atoms with Gasteiger partial charge in [0.15, 0.2) is 5.13 Å². The van der Waals surface area contributed by atoms with Gasteiger partial charge in [-0.05, 0) is 30.5 Å². The number of hydrogen-bond acceptors (Lipinski definition) is 4. The highest BCUT2D eigenvalue weighted by Gasteiger charge is 2.30. The molecule has 0 spiro atoms. The number of aromatic nitrogens is 1. The van der Waals surface area contributed by atoms with Gasteiger partial charge >= 0.3 is 6.18 Å². The van der Waals surface area contributed by atoms with Crippen LogP contribution in [0.25, 0.3) is 0 Å². The van der Waals surface area contributed by atoms with Gasteiger partial charge in [0, 0.05) is 30.7 Å². The van der Waals surface area contributed by atoms with Crippen LogP contribution in [0.1, 0.15) is 24.0 Å². The van der Waals surface area contributed by atoms with Crippen molar-refractivity contribution in [2.24, 2.45) is 0 Å². The third-order valence-electron chi connectivity index (χ3n) is 4.22. The molecule has 1 atom stereocenters. The van der Waals surface area contributed by atoms with Crippen molar-refractivity contribution >= 4 is 22.4 Å². The van der Waals surface area contributed by atoms with Crippen LogP contribution in [-0.4, -0.2) is 30.0 Å². The Morgan fingerprint density at radius 3 is 2.72 bits per heavy atom. The first-order valence-corrected chi connectivity index (χ1v) is 8.90. The van der Waals surface area contributed by atoms with Crippen molar-refractivity contribution in [3.63, 3.8) is 0 Å². The highest BCUT2D eigenvalue weighted by atomic mass is 32.1. The Kier molecular flexibility index (Phi) is 5.27. The predicted molar refractivity (Wildman–Crippen MR) is 90.6 cm³/mol. The van der Waals surface area contributed by atoms with Crippen molar-refractivity contribution < 1.29 is 18.0 Å². The van der Waals surface area contributed by atoms with E-state index in [1.165, 1.54) is 12.1 Å². The third kappa shape index (κ3) is 4.50. The molecule has 1 aliphatic heterocycles. The Morgan fingerprint density at radius 2 is 2.08 bits per heavy atom. The van der Waals surface area contributed by atoms with Gasteiger partial charge in [0.1, 0.15) is 0 Å². The normalized spacial score (nSPS) is 17.7. The number of benzene rings is 1. The molecule has 0 saturated carbocycles. The Morgan fingerprint density at radius 1 is 1.32 bits per heavy atom. The molecule has 1 aliphatic rings. The monoisotopic (exact) mass is 369 g/mol. The standard InChI is InChI=1S/C17H18F3N3OS/c18-17(19,20)13-5-3-12(4-6-13)10-15(24)22-11-14-2-1-8-23(14)16-21-7-9-25-16/h3-7,9,14H,1-2,8,10-11H2,(H,22,24). The predicted octanol–water partition coefficient (Wildman–Crippen LogP) is 3.49. The third-order valence-corrected chi connectivity index (χ3v) is 5.03. The number of amides is 1. The number of thiazole rings is 1. The van der Waals surface area contributed by atoms with Gasteiger partial charge in [0.2, 0.25) is 5.91 Å². The van der Waals surface area contributed by atoms with Crippen molar-refractivity contribution in [3.05, 3.63) is 47.0 Å². The highest BCUT2D eigenvalue weighted by Crippen LogP contribution is 2.29. The fraction of sp³-hybridized carbons (Fsp3) is 0.412. The summed E-state index contributed by atoms with van der Waals surface area (Å²) in [5, 5.41) is 5.77. The molecule has 2 aromatic rings. The van der Waals surface area contributed by atoms with E-state index in [0.29, 0.717) is 12.1 Å². The SMILES string of the molecule is O=C(Cc1ccc(C(F)(F)F)cc1)NCC1CCCN1c1nccs1. The lowest BCUT2D eigenvalue weighted by Crippen LogP contribution is -2.40. The minimum atomic E-state index is -4.36. The molecule has 3 rings (SSSR count). The number of alkyl halides is 3. The summed E-state index contributed by atoms with van der Waals surface area (Å²) in [5.74, 6) is -0.189. The van der Waals surface area contributed by atoms with Gasteiger partial charge < -0.3 is 10.2 Å². The van der Waals surface area contributed by atoms with Crippen LogP contribution in [0.5, 0.6) is 0 Å². The second-order valence-electron chi connectivity index (χ2n) is 5.98. The number of nitrogens with zero attached hydrogens (tertiary/aromatic N) is 2. The maximum absolute atomic E-state index is 12.5. The maximum Gasteiger partial charge on any atom is 0.416 e. The van der Waals surface area contributed by atoms with E-state index in [1.807, 2.05) is 5.38 Å². The van der Waals surface area contributed by atoms with Crippen LogP contribution in [0, 0.1) is 0 Å². The van der Waals surface area contributed by atoms with Crippen LogP contribution in [-0.2, 0) is 17.4 Å². The summed E-state index contributed by atoms with van der Waals surface area (Å²) in [7, 11) is 0. The van der Waals surface area contributed by atoms with Gasteiger partial charge in [0.05, 0.1) is 12.0 Å². The molecule has 1 unspecified atom stereocenters. The number of carbonyl (C=O) groups is 1. The second kappa shape index (κ2) is 7.43. The van der Waals surface area contributed by atoms with Crippen molar-refractivity contribution in [2.75, 3.05) is 18.0 Å². The number of anilines is 1. The number of nitrogens with one attached hydrogen (secondary N) is 1. The minimum absolute atomic E-state index is 0.0715. The fourth-order valence-electron chi connectivity index (χ4n) is 2.95. The summed E-state index contributed by atoms with van der Waals surface area (Å²) < 4.78 is 37.6. The molecule has 1 N–H and O–H groups in total. The number of hydrogen-bond donors (Lipinski definition) is 1. The topological polar surface area (TPSA) is 45.2 Å². The average molecular weight is 369 g/mol. The van der Waals surface area contributed by atoms with E-state index in [2.05, 4.69) is 15.2 Å². The van der Waals surface area contributed by atoms with Crippen LogP contribution in [0.15, 0.2) is 35.8 Å². The second-order valence-corrected chi connectivity index (χ2v) is 6.85. The molecule has 0 bridgehead atoms. The van der Waals surface area contributed by atoms with Crippen LogP contribution < -0.4 is 10.2 Å². The Labute approximate surface area is 147 Å². The van der Waals surface area contributed by atoms with Gasteiger partial charge in [-0.15, -0.1) is 11.3 Å². The summed E-state index contributed by atoms with van der Waals surface area (Å²) in [6, 6.07) is 4.91.